The molecule has 0 atom stereocenters. The first-order chi connectivity index (χ1) is 17.7. The number of nitriles is 1. The monoisotopic (exact) mass is 567 g/mol. The molecule has 0 bridgehead atoms. The number of carbonyl (C=O) groups excluding carboxylic acids is 2. The molecule has 0 aliphatic heterocycles. The van der Waals surface area contributed by atoms with Gasteiger partial charge in [0, 0.05) is 16.3 Å². The van der Waals surface area contributed by atoms with Crippen molar-refractivity contribution < 1.29 is 40.7 Å². The van der Waals surface area contributed by atoms with Crippen LogP contribution in [-0.2, 0) is 14.8 Å². The fourth-order valence-electron chi connectivity index (χ4n) is 3.23. The summed E-state index contributed by atoms with van der Waals surface area (Å²) in [4.78, 5) is 25.5. The number of primary sulfonamides is 1. The number of rotatable bonds is 8. The highest BCUT2D eigenvalue weighted by atomic mass is 35.5. The van der Waals surface area contributed by atoms with Crippen LogP contribution in [0.3, 0.4) is 0 Å². The third-order valence-corrected chi connectivity index (χ3v) is 6.02. The van der Waals surface area contributed by atoms with E-state index in [1.54, 1.807) is 13.0 Å². The van der Waals surface area contributed by atoms with Crippen LogP contribution in [0, 0.1) is 18.3 Å². The van der Waals surface area contributed by atoms with Gasteiger partial charge in [0.15, 0.2) is 12.4 Å². The van der Waals surface area contributed by atoms with E-state index in [2.05, 4.69) is 10.1 Å². The summed E-state index contributed by atoms with van der Waals surface area (Å²) < 4.78 is 70.3. The summed E-state index contributed by atoms with van der Waals surface area (Å²) in [6.07, 6.45) is -5.05. The maximum Gasteiger partial charge on any atom is 0.573 e. The Morgan fingerprint density at radius 3 is 2.42 bits per heavy atom. The van der Waals surface area contributed by atoms with Gasteiger partial charge in [-0.15, -0.1) is 13.2 Å². The summed E-state index contributed by atoms with van der Waals surface area (Å²) in [7, 11) is -3.93. The molecule has 3 aromatic carbocycles. The molecule has 0 aliphatic rings. The molecule has 0 unspecified atom stereocenters. The summed E-state index contributed by atoms with van der Waals surface area (Å²) in [5, 5.41) is 16.9. The second-order valence-electron chi connectivity index (χ2n) is 7.73. The average molecular weight is 568 g/mol. The van der Waals surface area contributed by atoms with E-state index in [4.69, 9.17) is 26.7 Å². The summed E-state index contributed by atoms with van der Waals surface area (Å²) in [5.74, 6) is -2.40. The van der Waals surface area contributed by atoms with Gasteiger partial charge >= 0.3 is 6.36 Å². The van der Waals surface area contributed by atoms with Crippen LogP contribution in [-0.4, -0.2) is 33.1 Å². The molecule has 0 saturated carbocycles. The second-order valence-corrected chi connectivity index (χ2v) is 9.73. The SMILES string of the molecule is Cc1cc(S(N)(=O)=O)ccc1NC(=O)COc1ccc(Cl)cc1C(=O)c1cc(C#N)cc(OC(F)(F)F)c1. The molecule has 9 nitrogen and oxygen atoms in total. The van der Waals surface area contributed by atoms with Gasteiger partial charge in [-0.05, 0) is 67.1 Å². The maximum atomic E-state index is 13.2. The quantitative estimate of drug-likeness (QED) is 0.385. The van der Waals surface area contributed by atoms with E-state index in [1.165, 1.54) is 36.4 Å². The standard InChI is InChI=1S/C24H17ClF3N3O6S/c1-13-6-18(38(30,34)35)3-4-20(13)31-22(32)12-36-21-5-2-16(25)10-19(21)23(33)15-7-14(11-29)8-17(9-15)37-24(26,27)28/h2-10H,12H2,1H3,(H,31,32)(H2,30,34,35). The first-order valence-corrected chi connectivity index (χ1v) is 12.3. The number of nitrogens with zero attached hydrogens (tertiary/aromatic N) is 1. The number of carbonyl (C=O) groups is 2. The Morgan fingerprint density at radius 2 is 1.82 bits per heavy atom. The maximum absolute atomic E-state index is 13.2. The number of hydrogen-bond donors (Lipinski definition) is 2. The number of aryl methyl sites for hydroxylation is 1. The van der Waals surface area contributed by atoms with Crippen molar-refractivity contribution in [3.8, 4) is 17.6 Å². The van der Waals surface area contributed by atoms with Crippen LogP contribution in [0.4, 0.5) is 18.9 Å². The fraction of sp³-hybridized carbons (Fsp3) is 0.125. The summed E-state index contributed by atoms with van der Waals surface area (Å²) >= 11 is 5.99. The molecule has 198 valence electrons. The van der Waals surface area contributed by atoms with Gasteiger partial charge in [0.25, 0.3) is 5.91 Å². The molecule has 0 aliphatic carbocycles. The Balaban J connectivity index is 1.82. The van der Waals surface area contributed by atoms with Crippen molar-refractivity contribution in [1.82, 2.24) is 0 Å². The van der Waals surface area contributed by atoms with Gasteiger partial charge in [0.2, 0.25) is 10.0 Å². The van der Waals surface area contributed by atoms with Crippen LogP contribution in [0.1, 0.15) is 27.0 Å². The zero-order valence-corrected chi connectivity index (χ0v) is 20.9. The minimum atomic E-state index is -5.05. The molecule has 38 heavy (non-hydrogen) atoms. The van der Waals surface area contributed by atoms with E-state index in [9.17, 15) is 31.2 Å². The van der Waals surface area contributed by atoms with Crippen molar-refractivity contribution in [1.29, 1.82) is 5.26 Å². The topological polar surface area (TPSA) is 149 Å². The number of nitrogens with two attached hydrogens (primary N) is 1. The van der Waals surface area contributed by atoms with Crippen molar-refractivity contribution in [3.63, 3.8) is 0 Å². The van der Waals surface area contributed by atoms with Gasteiger partial charge in [-0.3, -0.25) is 9.59 Å². The lowest BCUT2D eigenvalue weighted by Crippen LogP contribution is -2.21. The molecule has 0 radical (unpaired) electrons. The molecule has 0 spiro atoms. The smallest absolute Gasteiger partial charge is 0.483 e. The summed E-state index contributed by atoms with van der Waals surface area (Å²) in [5.41, 5.74) is -0.0781. The van der Waals surface area contributed by atoms with Crippen LogP contribution in [0.2, 0.25) is 5.02 Å². The Hall–Kier alpha value is -4.12. The summed E-state index contributed by atoms with van der Waals surface area (Å²) in [6.45, 7) is 0.951. The molecule has 3 aromatic rings. The zero-order chi connectivity index (χ0) is 28.3. The third-order valence-electron chi connectivity index (χ3n) is 4.88. The van der Waals surface area contributed by atoms with Crippen molar-refractivity contribution >= 4 is 39.0 Å². The molecule has 0 heterocycles. The van der Waals surface area contributed by atoms with E-state index in [0.717, 1.165) is 18.2 Å². The van der Waals surface area contributed by atoms with Crippen LogP contribution in [0.15, 0.2) is 59.5 Å². The molecular formula is C24H17ClF3N3O6S. The Bertz CT molecular complexity index is 1570. The predicted molar refractivity (Wildman–Crippen MR) is 129 cm³/mol. The van der Waals surface area contributed by atoms with E-state index < -0.39 is 40.4 Å². The number of sulfonamides is 1. The van der Waals surface area contributed by atoms with Crippen LogP contribution in [0.25, 0.3) is 0 Å². The number of benzene rings is 3. The number of ether oxygens (including phenoxy) is 2. The number of ketones is 1. The van der Waals surface area contributed by atoms with E-state index >= 15 is 0 Å². The minimum Gasteiger partial charge on any atom is -0.483 e. The van der Waals surface area contributed by atoms with Gasteiger partial charge in [-0.1, -0.05) is 11.6 Å². The largest absolute Gasteiger partial charge is 0.573 e. The van der Waals surface area contributed by atoms with E-state index in [-0.39, 0.29) is 38.0 Å². The van der Waals surface area contributed by atoms with Crippen molar-refractivity contribution in [3.05, 3.63) is 81.9 Å². The van der Waals surface area contributed by atoms with Crippen LogP contribution < -0.4 is 19.9 Å². The Morgan fingerprint density at radius 1 is 1.11 bits per heavy atom. The first kappa shape index (κ1) is 28.5. The normalized spacial score (nSPS) is 11.4. The van der Waals surface area contributed by atoms with Crippen LogP contribution >= 0.6 is 11.6 Å². The number of hydrogen-bond acceptors (Lipinski definition) is 7. The van der Waals surface area contributed by atoms with E-state index in [1.807, 2.05) is 0 Å². The molecule has 3 rings (SSSR count). The minimum absolute atomic E-state index is 0.0962. The molecule has 0 saturated heterocycles. The molecule has 0 aromatic heterocycles. The van der Waals surface area contributed by atoms with Gasteiger partial charge < -0.3 is 14.8 Å². The lowest BCUT2D eigenvalue weighted by atomic mass is 10.0. The van der Waals surface area contributed by atoms with Crippen molar-refractivity contribution in [2.75, 3.05) is 11.9 Å². The Labute approximate surface area is 219 Å². The lowest BCUT2D eigenvalue weighted by molar-refractivity contribution is -0.274. The van der Waals surface area contributed by atoms with Gasteiger partial charge in [0.1, 0.15) is 11.5 Å². The highest BCUT2D eigenvalue weighted by Gasteiger charge is 2.32. The average Bonchev–Trinajstić information content (AvgIpc) is 2.82. The molecule has 0 fully saturated rings. The molecular weight excluding hydrogens is 551 g/mol. The fourth-order valence-corrected chi connectivity index (χ4v) is 4.00. The van der Waals surface area contributed by atoms with Gasteiger partial charge in [-0.2, -0.15) is 5.26 Å². The highest BCUT2D eigenvalue weighted by Crippen LogP contribution is 2.30. The predicted octanol–water partition coefficient (Wildman–Crippen LogP) is 4.31. The van der Waals surface area contributed by atoms with Gasteiger partial charge in [-0.25, -0.2) is 13.6 Å². The van der Waals surface area contributed by atoms with Crippen molar-refractivity contribution in [2.45, 2.75) is 18.2 Å². The summed E-state index contributed by atoms with van der Waals surface area (Å²) in [6, 6.07) is 12.0. The van der Waals surface area contributed by atoms with E-state index in [0.29, 0.717) is 5.56 Å². The molecule has 1 amide bonds. The molecule has 14 heteroatoms. The lowest BCUT2D eigenvalue weighted by Gasteiger charge is -2.14. The Kier molecular flexibility index (Phi) is 8.31. The number of anilines is 1. The van der Waals surface area contributed by atoms with Crippen molar-refractivity contribution in [2.24, 2.45) is 5.14 Å². The first-order valence-electron chi connectivity index (χ1n) is 10.4. The number of halogens is 4. The zero-order valence-electron chi connectivity index (χ0n) is 19.3. The van der Waals surface area contributed by atoms with Gasteiger partial charge in [0.05, 0.1) is 22.1 Å². The van der Waals surface area contributed by atoms with Crippen LogP contribution in [0.5, 0.6) is 11.5 Å². The number of alkyl halides is 3. The second kappa shape index (κ2) is 11.1. The number of nitrogens with one attached hydrogen (secondary N) is 1. The number of amides is 1. The third kappa shape index (κ3) is 7.45. The molecule has 3 N–H and O–H groups in total. The highest BCUT2D eigenvalue weighted by molar-refractivity contribution is 7.89.